The van der Waals surface area contributed by atoms with Crippen LogP contribution in [0, 0.1) is 13.8 Å². The van der Waals surface area contributed by atoms with E-state index in [1.807, 2.05) is 18.2 Å². The average Bonchev–Trinajstić information content (AvgIpc) is 3.03. The minimum absolute atomic E-state index is 0.00673. The molecule has 0 N–H and O–H groups in total. The van der Waals surface area contributed by atoms with Crippen molar-refractivity contribution in [1.82, 2.24) is 19.6 Å². The Morgan fingerprint density at radius 2 is 1.81 bits per heavy atom. The van der Waals surface area contributed by atoms with Crippen molar-refractivity contribution in [3.63, 3.8) is 0 Å². The van der Waals surface area contributed by atoms with Gasteiger partial charge in [0, 0.05) is 29.7 Å². The molecule has 0 aliphatic rings. The van der Waals surface area contributed by atoms with E-state index in [4.69, 9.17) is 0 Å². The number of nitrogens with zero attached hydrogens (tertiary/aromatic N) is 5. The average molecular weight is 363 g/mol. The maximum Gasteiger partial charge on any atom is 0.453 e. The molecule has 2 aromatic heterocycles. The molecule has 0 aliphatic heterocycles. The van der Waals surface area contributed by atoms with Crippen LogP contribution in [0.4, 0.5) is 18.9 Å². The minimum atomic E-state index is -4.66. The molecule has 2 heterocycles. The zero-order valence-corrected chi connectivity index (χ0v) is 14.4. The maximum atomic E-state index is 12.8. The second kappa shape index (κ2) is 6.40. The molecule has 26 heavy (non-hydrogen) atoms. The molecule has 6 nitrogen and oxygen atoms in total. The van der Waals surface area contributed by atoms with E-state index < -0.39 is 12.0 Å². The summed E-state index contributed by atoms with van der Waals surface area (Å²) in [6.07, 6.45) is -4.66. The van der Waals surface area contributed by atoms with Gasteiger partial charge in [-0.2, -0.15) is 18.2 Å². The Balaban J connectivity index is 1.96. The number of halogens is 3. The van der Waals surface area contributed by atoms with Crippen LogP contribution in [0.15, 0.2) is 30.3 Å². The van der Waals surface area contributed by atoms with Crippen LogP contribution in [-0.4, -0.2) is 32.5 Å². The monoisotopic (exact) mass is 363 g/mol. The second-order valence-corrected chi connectivity index (χ2v) is 5.87. The number of amides is 1. The number of rotatable bonds is 3. The first kappa shape index (κ1) is 17.8. The zero-order chi connectivity index (χ0) is 19.1. The molecule has 3 rings (SSSR count). The first-order valence-corrected chi connectivity index (χ1v) is 7.80. The molecule has 0 bridgehead atoms. The lowest BCUT2D eigenvalue weighted by atomic mass is 10.1. The van der Waals surface area contributed by atoms with Crippen molar-refractivity contribution in [3.8, 4) is 0 Å². The molecule has 9 heteroatoms. The maximum absolute atomic E-state index is 12.8. The number of para-hydroxylation sites is 1. The second-order valence-electron chi connectivity index (χ2n) is 5.87. The van der Waals surface area contributed by atoms with Gasteiger partial charge in [0.15, 0.2) is 0 Å². The van der Waals surface area contributed by atoms with Crippen molar-refractivity contribution in [2.24, 2.45) is 0 Å². The highest BCUT2D eigenvalue weighted by Gasteiger charge is 2.37. The summed E-state index contributed by atoms with van der Waals surface area (Å²) in [4.78, 5) is 21.6. The van der Waals surface area contributed by atoms with E-state index in [1.165, 1.54) is 4.90 Å². The number of fused-ring (bicyclic) bond motifs is 1. The van der Waals surface area contributed by atoms with E-state index in [9.17, 15) is 18.0 Å². The zero-order valence-electron chi connectivity index (χ0n) is 14.4. The van der Waals surface area contributed by atoms with Crippen LogP contribution in [0.3, 0.4) is 0 Å². The normalized spacial score (nSPS) is 11.8. The van der Waals surface area contributed by atoms with Gasteiger partial charge in [-0.3, -0.25) is 4.79 Å². The van der Waals surface area contributed by atoms with Crippen LogP contribution >= 0.6 is 0 Å². The largest absolute Gasteiger partial charge is 0.453 e. The van der Waals surface area contributed by atoms with Gasteiger partial charge in [-0.25, -0.2) is 9.50 Å². The standard InChI is InChI=1S/C17H16F3N5O/c1-10-13(9-14(26)24(3)12-7-5-4-6-8-12)11(2)25-16(21-10)22-15(23-25)17(18,19)20/h4-8H,9H2,1-3H3. The van der Waals surface area contributed by atoms with Gasteiger partial charge in [-0.15, -0.1) is 5.10 Å². The molecule has 0 unspecified atom stereocenters. The summed E-state index contributed by atoms with van der Waals surface area (Å²) >= 11 is 0. The lowest BCUT2D eigenvalue weighted by molar-refractivity contribution is -0.144. The number of carbonyl (C=O) groups is 1. The van der Waals surface area contributed by atoms with E-state index in [1.54, 1.807) is 33.0 Å². The molecule has 0 spiro atoms. The molecule has 1 aromatic carbocycles. The highest BCUT2D eigenvalue weighted by Crippen LogP contribution is 2.27. The fraction of sp³-hybridized carbons (Fsp3) is 0.294. The van der Waals surface area contributed by atoms with Gasteiger partial charge in [0.05, 0.1) is 6.42 Å². The summed E-state index contributed by atoms with van der Waals surface area (Å²) < 4.78 is 39.5. The van der Waals surface area contributed by atoms with E-state index in [0.29, 0.717) is 17.0 Å². The fourth-order valence-corrected chi connectivity index (χ4v) is 2.65. The summed E-state index contributed by atoms with van der Waals surface area (Å²) in [7, 11) is 1.64. The van der Waals surface area contributed by atoms with Crippen LogP contribution in [0.1, 0.15) is 22.8 Å². The van der Waals surface area contributed by atoms with Crippen LogP contribution < -0.4 is 4.90 Å². The number of carbonyl (C=O) groups excluding carboxylic acids is 1. The number of likely N-dealkylation sites (N-methyl/N-ethyl adjacent to an activating group) is 1. The van der Waals surface area contributed by atoms with Crippen LogP contribution in [0.2, 0.25) is 0 Å². The molecule has 0 aliphatic carbocycles. The van der Waals surface area contributed by atoms with Gasteiger partial charge in [-0.05, 0) is 26.0 Å². The topological polar surface area (TPSA) is 63.4 Å². The van der Waals surface area contributed by atoms with Crippen molar-refractivity contribution in [1.29, 1.82) is 0 Å². The number of aryl methyl sites for hydroxylation is 2. The van der Waals surface area contributed by atoms with Crippen molar-refractivity contribution in [2.75, 3.05) is 11.9 Å². The smallest absolute Gasteiger partial charge is 0.315 e. The van der Waals surface area contributed by atoms with Crippen molar-refractivity contribution < 1.29 is 18.0 Å². The highest BCUT2D eigenvalue weighted by atomic mass is 19.4. The third-order valence-electron chi connectivity index (χ3n) is 4.15. The lowest BCUT2D eigenvalue weighted by Gasteiger charge is -2.18. The third-order valence-corrected chi connectivity index (χ3v) is 4.15. The van der Waals surface area contributed by atoms with Crippen LogP contribution in [0.5, 0.6) is 0 Å². The quantitative estimate of drug-likeness (QED) is 0.718. The Kier molecular flexibility index (Phi) is 4.39. The first-order chi connectivity index (χ1) is 12.2. The first-order valence-electron chi connectivity index (χ1n) is 7.80. The molecule has 0 saturated carbocycles. The fourth-order valence-electron chi connectivity index (χ4n) is 2.65. The molecule has 1 amide bonds. The van der Waals surface area contributed by atoms with Gasteiger partial charge in [0.1, 0.15) is 0 Å². The molecule has 0 saturated heterocycles. The number of hydrogen-bond acceptors (Lipinski definition) is 4. The van der Waals surface area contributed by atoms with Crippen molar-refractivity contribution in [3.05, 3.63) is 53.1 Å². The van der Waals surface area contributed by atoms with Crippen molar-refractivity contribution >= 4 is 17.4 Å². The van der Waals surface area contributed by atoms with Gasteiger partial charge in [-0.1, -0.05) is 18.2 Å². The molecule has 3 aromatic rings. The molecule has 136 valence electrons. The van der Waals surface area contributed by atoms with Gasteiger partial charge >= 0.3 is 6.18 Å². The Labute approximate surface area is 147 Å². The van der Waals surface area contributed by atoms with Crippen molar-refractivity contribution in [2.45, 2.75) is 26.4 Å². The van der Waals surface area contributed by atoms with Gasteiger partial charge in [0.25, 0.3) is 11.6 Å². The highest BCUT2D eigenvalue weighted by molar-refractivity contribution is 5.94. The van der Waals surface area contributed by atoms with Crippen LogP contribution in [-0.2, 0) is 17.4 Å². The summed E-state index contributed by atoms with van der Waals surface area (Å²) in [5.41, 5.74) is 2.11. The third kappa shape index (κ3) is 3.24. The summed E-state index contributed by atoms with van der Waals surface area (Å²) in [6.45, 7) is 3.24. The van der Waals surface area contributed by atoms with E-state index >= 15 is 0 Å². The number of anilines is 1. The SMILES string of the molecule is Cc1nc2nc(C(F)(F)F)nn2c(C)c1CC(=O)N(C)c1ccccc1. The summed E-state index contributed by atoms with van der Waals surface area (Å²) in [6, 6.07) is 9.07. The van der Waals surface area contributed by atoms with E-state index in [-0.39, 0.29) is 18.1 Å². The predicted molar refractivity (Wildman–Crippen MR) is 88.8 cm³/mol. The molecule has 0 atom stereocenters. The van der Waals surface area contributed by atoms with Gasteiger partial charge < -0.3 is 4.90 Å². The number of alkyl halides is 3. The minimum Gasteiger partial charge on any atom is -0.315 e. The molecular weight excluding hydrogens is 347 g/mol. The van der Waals surface area contributed by atoms with E-state index in [0.717, 1.165) is 10.2 Å². The number of hydrogen-bond donors (Lipinski definition) is 0. The molecule has 0 radical (unpaired) electrons. The Bertz CT molecular complexity index is 966. The Morgan fingerprint density at radius 1 is 1.15 bits per heavy atom. The molecular formula is C17H16F3N5O. The van der Waals surface area contributed by atoms with E-state index in [2.05, 4.69) is 15.1 Å². The number of aromatic nitrogens is 4. The van der Waals surface area contributed by atoms with Crippen LogP contribution in [0.25, 0.3) is 5.78 Å². The number of benzene rings is 1. The summed E-state index contributed by atoms with van der Waals surface area (Å²) in [5.74, 6) is -1.60. The Hall–Kier alpha value is -2.97. The molecule has 0 fully saturated rings. The predicted octanol–water partition coefficient (Wildman–Crippen LogP) is 2.97. The Morgan fingerprint density at radius 3 is 2.42 bits per heavy atom. The van der Waals surface area contributed by atoms with Gasteiger partial charge in [0.2, 0.25) is 5.91 Å². The lowest BCUT2D eigenvalue weighted by Crippen LogP contribution is -2.28. The summed E-state index contributed by atoms with van der Waals surface area (Å²) in [5, 5.41) is 3.49.